The van der Waals surface area contributed by atoms with Gasteiger partial charge in [-0.15, -0.1) is 0 Å². The Kier molecular flexibility index (Phi) is 14.6. The predicted octanol–water partition coefficient (Wildman–Crippen LogP) is -1.32. The number of aliphatic hydroxyl groups excluding tert-OH is 11. The van der Waals surface area contributed by atoms with E-state index in [2.05, 4.69) is 46.8 Å². The molecule has 0 aromatic carbocycles. The lowest BCUT2D eigenvalue weighted by atomic mass is 9.35. The molecule has 6 aliphatic heterocycles. The SMILES string of the molecule is C[C@@H]1O[C@@H](O[C@H]2[C@H](O[C@H]3CC[C@]4(C)[C@H]5C=CC6=C7[C@]8(CC[C@](C)(OC8=O)[C@@]7(C)O)CC[C@@]6(C)[C@]5(C)CC[C@H]4C3(C)C)OC[C@H](O)[C@@H]2O[C@@H]2O[C@H](CO)[C@@H](O)[C@H](O)[C@H]2O[C@@H]2O[C@H](CO)[C@@H](O)[C@H](O)[C@H]2O)[C@H](O)[C@H](O)[C@H]1O. The molecule has 426 valence electrons. The molecule has 3 saturated carbocycles. The van der Waals surface area contributed by atoms with Gasteiger partial charge >= 0.3 is 5.97 Å². The molecule has 75 heavy (non-hydrogen) atoms. The van der Waals surface area contributed by atoms with Crippen LogP contribution in [0.3, 0.4) is 0 Å². The van der Waals surface area contributed by atoms with Gasteiger partial charge in [0.05, 0.1) is 37.4 Å². The fraction of sp³-hybridized carbons (Fsp3) is 0.906. The highest BCUT2D eigenvalue weighted by molar-refractivity contribution is 5.86. The average Bonchev–Trinajstić information content (AvgIpc) is 3.36. The smallest absolute Gasteiger partial charge is 0.317 e. The highest BCUT2D eigenvalue weighted by Crippen LogP contribution is 2.75. The van der Waals surface area contributed by atoms with Gasteiger partial charge in [-0.25, -0.2) is 0 Å². The van der Waals surface area contributed by atoms with Crippen LogP contribution in [-0.2, 0) is 47.4 Å². The molecule has 12 N–H and O–H groups in total. The lowest BCUT2D eigenvalue weighted by Crippen LogP contribution is -2.71. The maximum absolute atomic E-state index is 13.9. The van der Waals surface area contributed by atoms with Crippen LogP contribution in [0.25, 0.3) is 0 Å². The van der Waals surface area contributed by atoms with Crippen LogP contribution >= 0.6 is 0 Å². The maximum Gasteiger partial charge on any atom is 0.317 e. The third-order valence-electron chi connectivity index (χ3n) is 21.2. The van der Waals surface area contributed by atoms with Crippen LogP contribution in [0.2, 0.25) is 0 Å². The summed E-state index contributed by atoms with van der Waals surface area (Å²) >= 11 is 0. The zero-order chi connectivity index (χ0) is 54.5. The van der Waals surface area contributed by atoms with Crippen LogP contribution in [0, 0.1) is 38.9 Å². The Labute approximate surface area is 436 Å². The fourth-order valence-corrected chi connectivity index (χ4v) is 16.2. The summed E-state index contributed by atoms with van der Waals surface area (Å²) in [6.07, 6.45) is -22.3. The Bertz CT molecular complexity index is 2210. The van der Waals surface area contributed by atoms with E-state index in [1.807, 2.05) is 13.8 Å². The van der Waals surface area contributed by atoms with Crippen molar-refractivity contribution in [3.8, 4) is 0 Å². The molecule has 0 aromatic heterocycles. The molecular weight excluding hydrogens is 989 g/mol. The number of fused-ring (bicyclic) bond motifs is 7. The van der Waals surface area contributed by atoms with Crippen LogP contribution in [0.1, 0.15) is 107 Å². The van der Waals surface area contributed by atoms with Crippen molar-refractivity contribution in [2.45, 2.75) is 241 Å². The van der Waals surface area contributed by atoms with Gasteiger partial charge in [-0.05, 0) is 117 Å². The van der Waals surface area contributed by atoms with Gasteiger partial charge in [0.25, 0.3) is 0 Å². The number of allylic oxidation sites excluding steroid dienone is 3. The molecule has 1 spiro atoms. The maximum atomic E-state index is 13.9. The molecule has 0 radical (unpaired) electrons. The lowest BCUT2D eigenvalue weighted by molar-refractivity contribution is -0.401. The van der Waals surface area contributed by atoms with Crippen molar-refractivity contribution < 1.29 is 109 Å². The van der Waals surface area contributed by atoms with Crippen LogP contribution in [0.4, 0.5) is 0 Å². The molecule has 22 heteroatoms. The van der Waals surface area contributed by atoms with Gasteiger partial charge in [0.2, 0.25) is 0 Å². The molecular formula is C53H82O22. The molecule has 2 bridgehead atoms. The van der Waals surface area contributed by atoms with E-state index in [1.165, 1.54) is 6.92 Å². The lowest BCUT2D eigenvalue weighted by Gasteiger charge is -2.71. The molecule has 28 atom stereocenters. The molecule has 0 aromatic rings. The average molecular weight is 1070 g/mol. The van der Waals surface area contributed by atoms with Gasteiger partial charge in [0.15, 0.2) is 25.2 Å². The number of esters is 1. The van der Waals surface area contributed by atoms with E-state index < -0.39 is 165 Å². The highest BCUT2D eigenvalue weighted by atomic mass is 16.8. The molecule has 11 aliphatic rings. The fourth-order valence-electron chi connectivity index (χ4n) is 16.2. The van der Waals surface area contributed by atoms with E-state index in [0.717, 1.165) is 30.4 Å². The summed E-state index contributed by atoms with van der Waals surface area (Å²) in [5.41, 5.74) is -2.80. The minimum absolute atomic E-state index is 0.0720. The third-order valence-corrected chi connectivity index (χ3v) is 21.2. The standard InChI is InChI=1S/C53H82O22/c1-22-30(57)33(60)36(63)42(68-22)74-40-38(72-45-39(35(62)32(59)26(20-55)70-45)73-43-37(64)34(61)31(58)25(19-54)69-43)24(56)21-67-44(40)71-29-12-13-48(4)27(47(29,2)3)11-14-50(6)28(48)10-9-23-41-52(8,66)51(7)16-18-53(41,46(65)75-51)17-15-49(23,50)5/h9-10,22,24-40,42-45,54-64,66H,11-21H2,1-8H3/t22-,24-,25+,26+,27-,28+,29-,30-,31+,32+,33+,34-,35-,36+,37+,38-,39+,40+,42-,43-,44-,45-,48-,49+,50+,51-,52-,53+/m0/s1. The zero-order valence-electron chi connectivity index (χ0n) is 44.1. The topological polar surface area (TPSA) is 343 Å². The van der Waals surface area contributed by atoms with Gasteiger partial charge in [0, 0.05) is 0 Å². The zero-order valence-corrected chi connectivity index (χ0v) is 44.1. The summed E-state index contributed by atoms with van der Waals surface area (Å²) in [5.74, 6) is -0.0715. The largest absolute Gasteiger partial charge is 0.455 e. The Balaban J connectivity index is 0.949. The van der Waals surface area contributed by atoms with E-state index >= 15 is 0 Å². The van der Waals surface area contributed by atoms with Crippen LogP contribution < -0.4 is 0 Å². The predicted molar refractivity (Wildman–Crippen MR) is 255 cm³/mol. The molecule has 0 amide bonds. The second-order valence-corrected chi connectivity index (χ2v) is 25.4. The van der Waals surface area contributed by atoms with Gasteiger partial charge in [-0.1, -0.05) is 46.8 Å². The Morgan fingerprint density at radius 1 is 0.613 bits per heavy atom. The van der Waals surface area contributed by atoms with Crippen molar-refractivity contribution in [2.24, 2.45) is 38.9 Å². The first-order chi connectivity index (χ1) is 35.1. The Hall–Kier alpha value is -1.85. The first-order valence-corrected chi connectivity index (χ1v) is 27.0. The quantitative estimate of drug-likeness (QED) is 0.0892. The van der Waals surface area contributed by atoms with Gasteiger partial charge < -0.3 is 104 Å². The number of ether oxygens (including phenoxy) is 9. The normalized spacial score (nSPS) is 56.3. The van der Waals surface area contributed by atoms with Crippen molar-refractivity contribution in [1.82, 2.24) is 0 Å². The van der Waals surface area contributed by atoms with Crippen LogP contribution in [0.5, 0.6) is 0 Å². The van der Waals surface area contributed by atoms with Crippen LogP contribution in [0.15, 0.2) is 23.3 Å². The van der Waals surface area contributed by atoms with Crippen molar-refractivity contribution in [3.05, 3.63) is 23.3 Å². The molecule has 9 fully saturated rings. The third kappa shape index (κ3) is 8.27. The monoisotopic (exact) mass is 1070 g/mol. The van der Waals surface area contributed by atoms with E-state index in [-0.39, 0.29) is 34.1 Å². The first-order valence-electron chi connectivity index (χ1n) is 27.0. The minimum Gasteiger partial charge on any atom is -0.455 e. The summed E-state index contributed by atoms with van der Waals surface area (Å²) < 4.78 is 55.6. The summed E-state index contributed by atoms with van der Waals surface area (Å²) in [6, 6.07) is 0. The molecule has 6 saturated heterocycles. The summed E-state index contributed by atoms with van der Waals surface area (Å²) in [6.45, 7) is 14.4. The number of hydrogen-bond acceptors (Lipinski definition) is 22. The van der Waals surface area contributed by atoms with E-state index in [9.17, 15) is 66.1 Å². The van der Waals surface area contributed by atoms with E-state index in [4.69, 9.17) is 42.6 Å². The molecule has 22 nitrogen and oxygen atoms in total. The Morgan fingerprint density at radius 2 is 1.20 bits per heavy atom. The molecule has 11 rings (SSSR count). The second-order valence-electron chi connectivity index (χ2n) is 25.4. The van der Waals surface area contributed by atoms with Gasteiger partial charge in [-0.3, -0.25) is 4.79 Å². The van der Waals surface area contributed by atoms with Gasteiger partial charge in [-0.2, -0.15) is 0 Å². The molecule has 5 aliphatic carbocycles. The van der Waals surface area contributed by atoms with E-state index in [1.54, 1.807) is 0 Å². The summed E-state index contributed by atoms with van der Waals surface area (Å²) in [4.78, 5) is 13.9. The van der Waals surface area contributed by atoms with Crippen molar-refractivity contribution >= 4 is 5.97 Å². The second kappa shape index (κ2) is 19.4. The van der Waals surface area contributed by atoms with Gasteiger partial charge in [0.1, 0.15) is 96.7 Å². The number of aliphatic hydroxyl groups is 12. The highest BCUT2D eigenvalue weighted by Gasteiger charge is 2.74. The summed E-state index contributed by atoms with van der Waals surface area (Å²) in [5, 5.41) is 131. The number of hydrogen-bond donors (Lipinski definition) is 12. The minimum atomic E-state index is -1.96. The first kappa shape index (κ1) is 56.4. The molecule has 6 heterocycles. The van der Waals surface area contributed by atoms with Crippen molar-refractivity contribution in [3.63, 3.8) is 0 Å². The van der Waals surface area contributed by atoms with Crippen LogP contribution in [-0.4, -0.2) is 221 Å². The van der Waals surface area contributed by atoms with E-state index in [0.29, 0.717) is 32.1 Å². The van der Waals surface area contributed by atoms with Crippen molar-refractivity contribution in [1.29, 1.82) is 0 Å². The van der Waals surface area contributed by atoms with Crippen molar-refractivity contribution in [2.75, 3.05) is 19.8 Å². The molecule has 0 unspecified atom stereocenters. The summed E-state index contributed by atoms with van der Waals surface area (Å²) in [7, 11) is 0. The number of rotatable bonds is 10. The number of carbonyl (C=O) groups excluding carboxylic acids is 1. The Morgan fingerprint density at radius 3 is 1.85 bits per heavy atom. The number of carbonyl (C=O) groups is 1.